The number of rotatable bonds is 14. The molecule has 2 aliphatic heterocycles. The van der Waals surface area contributed by atoms with Crippen LogP contribution >= 0.6 is 11.6 Å². The molecule has 5 rings (SSSR count). The minimum absolute atomic E-state index is 0.0447. The number of H-pyrrole nitrogens is 1. The molecule has 0 radical (unpaired) electrons. The molecule has 2 fully saturated rings. The van der Waals surface area contributed by atoms with Crippen molar-refractivity contribution in [2.24, 2.45) is 5.73 Å². The number of pyridine rings is 1. The quantitative estimate of drug-likeness (QED) is 0.198. The Kier molecular flexibility index (Phi) is 9.65. The van der Waals surface area contributed by atoms with Crippen LogP contribution < -0.4 is 20.5 Å². The summed E-state index contributed by atoms with van der Waals surface area (Å²) in [5, 5.41) is 13.1. The molecule has 4 heterocycles. The lowest BCUT2D eigenvalue weighted by Gasteiger charge is -2.15. The number of nitrogens with two attached hydrogens (primary N) is 1. The van der Waals surface area contributed by atoms with Crippen LogP contribution in [0.3, 0.4) is 0 Å². The molecule has 0 unspecified atom stereocenters. The first-order valence-corrected chi connectivity index (χ1v) is 13.4. The lowest BCUT2D eigenvalue weighted by Crippen LogP contribution is -2.34. The zero-order valence-electron chi connectivity index (χ0n) is 21.7. The largest absolute Gasteiger partial charge is 0.492 e. The maximum Gasteiger partial charge on any atom is 0.296 e. The fourth-order valence-electron chi connectivity index (χ4n) is 4.43. The van der Waals surface area contributed by atoms with E-state index in [2.05, 4.69) is 20.3 Å². The molecule has 216 valence electrons. The Labute approximate surface area is 235 Å². The summed E-state index contributed by atoms with van der Waals surface area (Å²) in [5.74, 6) is 0.405. The van der Waals surface area contributed by atoms with Crippen molar-refractivity contribution in [3.05, 3.63) is 35.4 Å². The molecule has 13 nitrogen and oxygen atoms in total. The van der Waals surface area contributed by atoms with E-state index in [0.717, 1.165) is 5.56 Å². The number of carbonyl (C=O) groups excluding carboxylic acids is 1. The van der Waals surface area contributed by atoms with Gasteiger partial charge < -0.3 is 49.6 Å². The monoisotopic (exact) mass is 577 g/mol. The maximum atomic E-state index is 11.8. The molecule has 0 saturated carbocycles. The summed E-state index contributed by atoms with van der Waals surface area (Å²) in [6, 6.07) is 9.31. The van der Waals surface area contributed by atoms with Crippen LogP contribution in [-0.2, 0) is 23.7 Å². The van der Waals surface area contributed by atoms with E-state index in [1.807, 2.05) is 12.1 Å². The van der Waals surface area contributed by atoms with E-state index in [9.17, 15) is 9.90 Å². The Bertz CT molecular complexity index is 1280. The van der Waals surface area contributed by atoms with Gasteiger partial charge in [-0.05, 0) is 30.3 Å². The highest BCUT2D eigenvalue weighted by Gasteiger charge is 2.48. The summed E-state index contributed by atoms with van der Waals surface area (Å²) in [5.41, 5.74) is 7.74. The number of fused-ring (bicyclic) bond motifs is 2. The molecule has 0 bridgehead atoms. The molecule has 1 aromatic carbocycles. The minimum Gasteiger partial charge on any atom is -0.492 e. The second-order valence-electron chi connectivity index (χ2n) is 9.23. The van der Waals surface area contributed by atoms with Crippen LogP contribution in [0.4, 0.5) is 0 Å². The van der Waals surface area contributed by atoms with Crippen LogP contribution in [0.1, 0.15) is 0 Å². The van der Waals surface area contributed by atoms with Gasteiger partial charge in [0.1, 0.15) is 37.3 Å². The van der Waals surface area contributed by atoms with Crippen molar-refractivity contribution in [3.63, 3.8) is 0 Å². The third-order valence-corrected chi connectivity index (χ3v) is 6.63. The number of nitrogens with zero attached hydrogens (tertiary/aromatic N) is 2. The fourth-order valence-corrected chi connectivity index (χ4v) is 4.69. The Morgan fingerprint density at radius 1 is 1.10 bits per heavy atom. The van der Waals surface area contributed by atoms with Gasteiger partial charge in [0, 0.05) is 12.1 Å². The van der Waals surface area contributed by atoms with Gasteiger partial charge in [0.25, 0.3) is 6.01 Å². The van der Waals surface area contributed by atoms with Crippen molar-refractivity contribution in [2.45, 2.75) is 24.4 Å². The molecule has 40 heavy (non-hydrogen) atoms. The number of aromatic nitrogens is 3. The average Bonchev–Trinajstić information content (AvgIpc) is 3.65. The van der Waals surface area contributed by atoms with Crippen molar-refractivity contribution in [3.8, 4) is 23.0 Å². The lowest BCUT2D eigenvalue weighted by molar-refractivity contribution is -0.126. The zero-order chi connectivity index (χ0) is 27.9. The van der Waals surface area contributed by atoms with Crippen molar-refractivity contribution in [2.75, 3.05) is 59.3 Å². The van der Waals surface area contributed by atoms with Gasteiger partial charge in [-0.2, -0.15) is 4.98 Å². The van der Waals surface area contributed by atoms with Gasteiger partial charge in [0.05, 0.1) is 55.8 Å². The molecule has 0 spiro atoms. The van der Waals surface area contributed by atoms with Crippen LogP contribution in [-0.4, -0.2) is 110 Å². The topological polar surface area (TPSA) is 172 Å². The number of amides is 1. The van der Waals surface area contributed by atoms with Crippen LogP contribution in [0.25, 0.3) is 22.4 Å². The Balaban J connectivity index is 1.10. The molecule has 4 atom stereocenters. The van der Waals surface area contributed by atoms with E-state index >= 15 is 0 Å². The summed E-state index contributed by atoms with van der Waals surface area (Å²) in [4.78, 5) is 24.0. The van der Waals surface area contributed by atoms with Gasteiger partial charge in [0.15, 0.2) is 11.8 Å². The number of hydrogen-bond acceptors (Lipinski definition) is 11. The third kappa shape index (κ3) is 6.99. The van der Waals surface area contributed by atoms with E-state index in [4.69, 9.17) is 45.8 Å². The number of ether oxygens (including phenoxy) is 6. The molecule has 1 amide bonds. The van der Waals surface area contributed by atoms with Gasteiger partial charge in [-0.1, -0.05) is 11.6 Å². The number of halogens is 1. The first-order valence-electron chi connectivity index (χ1n) is 13.0. The van der Waals surface area contributed by atoms with E-state index in [1.54, 1.807) is 18.2 Å². The van der Waals surface area contributed by atoms with Crippen molar-refractivity contribution in [1.82, 2.24) is 20.3 Å². The van der Waals surface area contributed by atoms with Gasteiger partial charge in [-0.25, -0.2) is 4.98 Å². The number of aliphatic hydroxyl groups is 1. The van der Waals surface area contributed by atoms with Gasteiger partial charge in [-0.15, -0.1) is 0 Å². The highest BCUT2D eigenvalue weighted by Crippen LogP contribution is 2.32. The predicted octanol–water partition coefficient (Wildman–Crippen LogP) is 0.671. The standard InChI is InChI=1S/C26H32ClN5O8/c27-17-11-18-25(32-26(30-18)40-20-13-39-23-19(33)12-38-24(20)23)31-22(17)15-1-3-16(4-2-15)37-8-6-29-21(34)14-36-10-9-35-7-5-28/h1-4,11,19-20,23-24,33H,5-10,12-14,28H2,(H,29,34)(H,30,31,32)/t19-,20-,23-,24-/m1/s1. The van der Waals surface area contributed by atoms with Crippen molar-refractivity contribution < 1.29 is 38.3 Å². The van der Waals surface area contributed by atoms with E-state index in [1.165, 1.54) is 0 Å². The normalized spacial score (nSPS) is 22.0. The van der Waals surface area contributed by atoms with Crippen molar-refractivity contribution >= 4 is 28.7 Å². The number of aromatic amines is 1. The third-order valence-electron chi connectivity index (χ3n) is 6.34. The zero-order valence-corrected chi connectivity index (χ0v) is 22.5. The average molecular weight is 578 g/mol. The lowest BCUT2D eigenvalue weighted by atomic mass is 10.1. The summed E-state index contributed by atoms with van der Waals surface area (Å²) >= 11 is 6.53. The molecule has 2 saturated heterocycles. The van der Waals surface area contributed by atoms with Gasteiger partial charge in [-0.3, -0.25) is 4.79 Å². The number of imidazole rings is 1. The SMILES string of the molecule is NCCOCCOCC(=O)NCCOc1ccc(-c2nc3nc(O[C@@H]4CO[C@H]5[C@@H]4OC[C@H]5O)[nH]c3cc2Cl)cc1. The number of hydrogen-bond donors (Lipinski definition) is 4. The Morgan fingerprint density at radius 3 is 2.73 bits per heavy atom. The first kappa shape index (κ1) is 28.5. The van der Waals surface area contributed by atoms with Crippen LogP contribution in [0.5, 0.6) is 11.8 Å². The first-order chi connectivity index (χ1) is 19.5. The highest BCUT2D eigenvalue weighted by atomic mass is 35.5. The summed E-state index contributed by atoms with van der Waals surface area (Å²) in [6.07, 6.45) is -1.79. The summed E-state index contributed by atoms with van der Waals surface area (Å²) in [7, 11) is 0. The maximum absolute atomic E-state index is 11.8. The van der Waals surface area contributed by atoms with Gasteiger partial charge in [0.2, 0.25) is 5.91 Å². The summed E-state index contributed by atoms with van der Waals surface area (Å²) < 4.78 is 33.3. The molecule has 2 aliphatic rings. The Hall–Kier alpha value is -3.04. The number of aliphatic hydroxyl groups excluding tert-OH is 1. The van der Waals surface area contributed by atoms with Crippen LogP contribution in [0, 0.1) is 0 Å². The molecule has 3 aromatic rings. The van der Waals surface area contributed by atoms with Crippen molar-refractivity contribution in [1.29, 1.82) is 0 Å². The molecule has 5 N–H and O–H groups in total. The molecular weight excluding hydrogens is 546 g/mol. The highest BCUT2D eigenvalue weighted by molar-refractivity contribution is 6.33. The Morgan fingerprint density at radius 2 is 1.90 bits per heavy atom. The second-order valence-corrected chi connectivity index (χ2v) is 9.64. The summed E-state index contributed by atoms with van der Waals surface area (Å²) in [6.45, 7) is 2.75. The molecule has 0 aliphatic carbocycles. The van der Waals surface area contributed by atoms with E-state index < -0.39 is 18.3 Å². The molecular formula is C26H32ClN5O8. The second kappa shape index (κ2) is 13.5. The van der Waals surface area contributed by atoms with Crippen LogP contribution in [0.15, 0.2) is 30.3 Å². The fraction of sp³-hybridized carbons (Fsp3) is 0.500. The minimum atomic E-state index is -0.655. The number of carbonyl (C=O) groups is 1. The number of benzene rings is 1. The van der Waals surface area contributed by atoms with E-state index in [0.29, 0.717) is 73.8 Å². The smallest absolute Gasteiger partial charge is 0.296 e. The predicted molar refractivity (Wildman–Crippen MR) is 143 cm³/mol. The molecule has 2 aromatic heterocycles. The van der Waals surface area contributed by atoms with Gasteiger partial charge >= 0.3 is 0 Å². The van der Waals surface area contributed by atoms with E-state index in [-0.39, 0.29) is 31.2 Å². The molecule has 14 heteroatoms. The number of nitrogens with one attached hydrogen (secondary N) is 2. The van der Waals surface area contributed by atoms with Crippen LogP contribution in [0.2, 0.25) is 5.02 Å².